The minimum absolute atomic E-state index is 0.126. The van der Waals surface area contributed by atoms with Crippen LogP contribution in [0.2, 0.25) is 0 Å². The predicted octanol–water partition coefficient (Wildman–Crippen LogP) is 1.85. The summed E-state index contributed by atoms with van der Waals surface area (Å²) in [5, 5.41) is 0. The zero-order valence-corrected chi connectivity index (χ0v) is 8.39. The maximum absolute atomic E-state index is 11.6. The molecule has 1 aromatic carbocycles. The largest absolute Gasteiger partial charge is 0.490 e. The van der Waals surface area contributed by atoms with Gasteiger partial charge in [-0.1, -0.05) is 0 Å². The maximum atomic E-state index is 11.6. The Hall–Kier alpha value is -1.51. The summed E-state index contributed by atoms with van der Waals surface area (Å²) in [4.78, 5) is 11.6. The summed E-state index contributed by atoms with van der Waals surface area (Å²) in [5.74, 6) is 0.699. The number of aryl methyl sites for hydroxylation is 1. The average Bonchev–Trinajstić information content (AvgIpc) is 2.17. The summed E-state index contributed by atoms with van der Waals surface area (Å²) in [5.41, 5.74) is 9.17. The molecule has 3 heteroatoms. The first-order valence-electron chi connectivity index (χ1n) is 4.67. The topological polar surface area (TPSA) is 52.3 Å². The molecule has 0 aliphatic carbocycles. The molecule has 3 nitrogen and oxygen atoms in total. The van der Waals surface area contributed by atoms with Crippen LogP contribution in [-0.4, -0.2) is 12.4 Å². The molecule has 0 saturated carbocycles. The Kier molecular flexibility index (Phi) is 1.95. The molecule has 14 heavy (non-hydrogen) atoms. The Morgan fingerprint density at radius 3 is 2.86 bits per heavy atom. The Labute approximate surface area is 82.9 Å². The van der Waals surface area contributed by atoms with Gasteiger partial charge in [-0.3, -0.25) is 4.79 Å². The second-order valence-corrected chi connectivity index (χ2v) is 3.63. The van der Waals surface area contributed by atoms with Crippen LogP contribution in [0.1, 0.15) is 27.9 Å². The number of nitrogens with two attached hydrogens (primary N) is 1. The third-order valence-corrected chi connectivity index (χ3v) is 2.72. The molecule has 1 heterocycles. The van der Waals surface area contributed by atoms with Crippen molar-refractivity contribution in [2.24, 2.45) is 0 Å². The fraction of sp³-hybridized carbons (Fsp3) is 0.364. The quantitative estimate of drug-likeness (QED) is 0.637. The number of fused-ring (bicyclic) bond motifs is 1. The van der Waals surface area contributed by atoms with E-state index in [1.54, 1.807) is 0 Å². The van der Waals surface area contributed by atoms with E-state index in [4.69, 9.17) is 10.5 Å². The number of carbonyl (C=O) groups excluding carboxylic acids is 1. The lowest BCUT2D eigenvalue weighted by Crippen LogP contribution is -2.17. The van der Waals surface area contributed by atoms with Gasteiger partial charge < -0.3 is 10.5 Å². The van der Waals surface area contributed by atoms with E-state index in [1.807, 2.05) is 19.9 Å². The van der Waals surface area contributed by atoms with Crippen LogP contribution in [-0.2, 0) is 0 Å². The monoisotopic (exact) mass is 191 g/mol. The van der Waals surface area contributed by atoms with Crippen LogP contribution in [0.3, 0.4) is 0 Å². The van der Waals surface area contributed by atoms with Crippen molar-refractivity contribution in [2.45, 2.75) is 20.3 Å². The van der Waals surface area contributed by atoms with Gasteiger partial charge in [-0.15, -0.1) is 0 Å². The highest BCUT2D eigenvalue weighted by Crippen LogP contribution is 2.35. The Morgan fingerprint density at radius 2 is 2.14 bits per heavy atom. The molecular formula is C11H13NO2. The van der Waals surface area contributed by atoms with Gasteiger partial charge in [-0.25, -0.2) is 0 Å². The maximum Gasteiger partial charge on any atom is 0.170 e. The molecule has 0 aromatic heterocycles. The third kappa shape index (κ3) is 1.16. The predicted molar refractivity (Wildman–Crippen MR) is 54.8 cm³/mol. The zero-order valence-electron chi connectivity index (χ0n) is 8.39. The molecule has 1 aliphatic heterocycles. The van der Waals surface area contributed by atoms with Gasteiger partial charge in [0, 0.05) is 6.42 Å². The summed E-state index contributed by atoms with van der Waals surface area (Å²) < 4.78 is 5.41. The van der Waals surface area contributed by atoms with E-state index in [0.29, 0.717) is 30.0 Å². The number of anilines is 1. The minimum atomic E-state index is 0.126. The molecule has 0 bridgehead atoms. The van der Waals surface area contributed by atoms with Gasteiger partial charge in [-0.05, 0) is 31.0 Å². The van der Waals surface area contributed by atoms with Crippen LogP contribution >= 0.6 is 0 Å². The second-order valence-electron chi connectivity index (χ2n) is 3.63. The van der Waals surface area contributed by atoms with Crippen molar-refractivity contribution in [3.63, 3.8) is 0 Å². The number of hydrogen-bond acceptors (Lipinski definition) is 3. The SMILES string of the molecule is Cc1cc2c(c(N)c1C)OCCC2=O. The molecule has 0 spiro atoms. The fourth-order valence-electron chi connectivity index (χ4n) is 1.66. The Balaban J connectivity index is 2.69. The lowest BCUT2D eigenvalue weighted by molar-refractivity contribution is 0.0934. The van der Waals surface area contributed by atoms with Crippen molar-refractivity contribution < 1.29 is 9.53 Å². The number of carbonyl (C=O) groups is 1. The van der Waals surface area contributed by atoms with E-state index >= 15 is 0 Å². The van der Waals surface area contributed by atoms with E-state index in [0.717, 1.165) is 11.1 Å². The average molecular weight is 191 g/mol. The first-order chi connectivity index (χ1) is 6.61. The number of hydrogen-bond donors (Lipinski definition) is 1. The van der Waals surface area contributed by atoms with E-state index in [1.165, 1.54) is 0 Å². The molecule has 2 rings (SSSR count). The number of benzene rings is 1. The molecule has 0 amide bonds. The molecule has 0 atom stereocenters. The van der Waals surface area contributed by atoms with Crippen molar-refractivity contribution in [2.75, 3.05) is 12.3 Å². The number of nitrogen functional groups attached to an aromatic ring is 1. The lowest BCUT2D eigenvalue weighted by Gasteiger charge is -2.20. The lowest BCUT2D eigenvalue weighted by atomic mass is 9.97. The molecule has 0 unspecified atom stereocenters. The number of ketones is 1. The summed E-state index contributed by atoms with van der Waals surface area (Å²) in [7, 11) is 0. The summed E-state index contributed by atoms with van der Waals surface area (Å²) in [6.07, 6.45) is 0.453. The standard InChI is InChI=1S/C11H13NO2/c1-6-5-8-9(13)3-4-14-11(8)10(12)7(6)2/h5H,3-4,12H2,1-2H3. The third-order valence-electron chi connectivity index (χ3n) is 2.72. The van der Waals surface area contributed by atoms with Crippen molar-refractivity contribution >= 4 is 11.5 Å². The fourth-order valence-corrected chi connectivity index (χ4v) is 1.66. The van der Waals surface area contributed by atoms with Gasteiger partial charge in [0.05, 0.1) is 17.9 Å². The Morgan fingerprint density at radius 1 is 1.43 bits per heavy atom. The van der Waals surface area contributed by atoms with Gasteiger partial charge >= 0.3 is 0 Å². The molecule has 0 fully saturated rings. The van der Waals surface area contributed by atoms with E-state index in [9.17, 15) is 4.79 Å². The summed E-state index contributed by atoms with van der Waals surface area (Å²) in [6.45, 7) is 4.33. The normalized spacial score (nSPS) is 14.9. The zero-order chi connectivity index (χ0) is 10.3. The van der Waals surface area contributed by atoms with Gasteiger partial charge in [0.2, 0.25) is 0 Å². The highest BCUT2D eigenvalue weighted by Gasteiger charge is 2.22. The number of Topliss-reactive ketones (excluding diaryl/α,β-unsaturated/α-hetero) is 1. The minimum Gasteiger partial charge on any atom is -0.490 e. The van der Waals surface area contributed by atoms with Crippen LogP contribution in [0.4, 0.5) is 5.69 Å². The second kappa shape index (κ2) is 3.01. The smallest absolute Gasteiger partial charge is 0.170 e. The summed E-state index contributed by atoms with van der Waals surface area (Å²) in [6, 6.07) is 1.86. The van der Waals surface area contributed by atoms with Crippen LogP contribution in [0.25, 0.3) is 0 Å². The van der Waals surface area contributed by atoms with Crippen LogP contribution in [0, 0.1) is 13.8 Å². The van der Waals surface area contributed by atoms with Gasteiger partial charge in [0.1, 0.15) is 0 Å². The van der Waals surface area contributed by atoms with Gasteiger partial charge in [0.15, 0.2) is 11.5 Å². The van der Waals surface area contributed by atoms with Crippen molar-refractivity contribution in [3.8, 4) is 5.75 Å². The highest BCUT2D eigenvalue weighted by molar-refractivity contribution is 6.01. The Bertz CT molecular complexity index is 410. The molecule has 74 valence electrons. The first kappa shape index (κ1) is 9.06. The van der Waals surface area contributed by atoms with E-state index in [2.05, 4.69) is 0 Å². The van der Waals surface area contributed by atoms with Crippen LogP contribution < -0.4 is 10.5 Å². The van der Waals surface area contributed by atoms with Gasteiger partial charge in [0.25, 0.3) is 0 Å². The van der Waals surface area contributed by atoms with Crippen molar-refractivity contribution in [1.29, 1.82) is 0 Å². The van der Waals surface area contributed by atoms with Crippen molar-refractivity contribution in [3.05, 3.63) is 22.8 Å². The molecule has 0 radical (unpaired) electrons. The van der Waals surface area contributed by atoms with Crippen molar-refractivity contribution in [1.82, 2.24) is 0 Å². The first-order valence-corrected chi connectivity index (χ1v) is 4.67. The number of rotatable bonds is 0. The molecule has 1 aliphatic rings. The number of ether oxygens (including phenoxy) is 1. The summed E-state index contributed by atoms with van der Waals surface area (Å²) >= 11 is 0. The van der Waals surface area contributed by atoms with Gasteiger partial charge in [-0.2, -0.15) is 0 Å². The molecular weight excluding hydrogens is 178 g/mol. The van der Waals surface area contributed by atoms with E-state index in [-0.39, 0.29) is 5.78 Å². The van der Waals surface area contributed by atoms with Crippen LogP contribution in [0.15, 0.2) is 6.07 Å². The molecule has 1 aromatic rings. The molecule has 0 saturated heterocycles. The molecule has 2 N–H and O–H groups in total. The van der Waals surface area contributed by atoms with E-state index < -0.39 is 0 Å². The van der Waals surface area contributed by atoms with Crippen LogP contribution in [0.5, 0.6) is 5.75 Å². The highest BCUT2D eigenvalue weighted by atomic mass is 16.5.